The van der Waals surface area contributed by atoms with E-state index in [2.05, 4.69) is 16.1 Å². The van der Waals surface area contributed by atoms with Crippen LogP contribution in [-0.4, -0.2) is 28.7 Å². The van der Waals surface area contributed by atoms with Gasteiger partial charge in [0.15, 0.2) is 4.87 Å². The van der Waals surface area contributed by atoms with Crippen molar-refractivity contribution in [3.05, 3.63) is 40.3 Å². The highest BCUT2D eigenvalue weighted by molar-refractivity contribution is 6.00. The van der Waals surface area contributed by atoms with Gasteiger partial charge in [0.05, 0.1) is 10.0 Å². The minimum absolute atomic E-state index is 0.369. The third-order valence-electron chi connectivity index (χ3n) is 3.18. The number of likely N-dealkylation sites (tertiary alicyclic amines) is 1. The second-order valence-electron chi connectivity index (χ2n) is 4.29. The van der Waals surface area contributed by atoms with E-state index in [1.54, 1.807) is 0 Å². The fourth-order valence-electron chi connectivity index (χ4n) is 2.38. The fraction of sp³-hybridized carbons (Fsp3) is 0.417. The first-order valence-corrected chi connectivity index (χ1v) is 5.71. The number of benzene rings is 1. The smallest absolute Gasteiger partial charge is 0.254 e. The zero-order chi connectivity index (χ0) is 11.0. The number of fused-ring (bicyclic) bond motifs is 1. The van der Waals surface area contributed by atoms with Crippen LogP contribution in [0.15, 0.2) is 29.4 Å². The topological polar surface area (TPSA) is 35.7 Å². The van der Waals surface area contributed by atoms with Crippen LogP contribution < -0.4 is 0 Å². The van der Waals surface area contributed by atoms with Crippen LogP contribution in [-0.2, 0) is 6.54 Å². The van der Waals surface area contributed by atoms with Crippen LogP contribution >= 0.6 is 0 Å². The van der Waals surface area contributed by atoms with E-state index in [1.807, 2.05) is 18.2 Å². The van der Waals surface area contributed by atoms with E-state index in [1.165, 1.54) is 12.8 Å². The lowest BCUT2D eigenvalue weighted by Gasteiger charge is -2.20. The molecule has 1 fully saturated rings. The molecule has 0 radical (unpaired) electrons. The molecule has 0 N–H and O–H groups in total. The van der Waals surface area contributed by atoms with Crippen molar-refractivity contribution >= 4 is 5.84 Å². The van der Waals surface area contributed by atoms with Crippen LogP contribution in [0.2, 0.25) is 0 Å². The standard InChI is InChI=1S/C12H14N3O/c16-15-9-10-5-1-2-6-11(10)12(13-15)14-7-3-4-8-14/h1-2,5-6H,3-4,7-9H2/q+1. The molecule has 0 aliphatic carbocycles. The van der Waals surface area contributed by atoms with E-state index in [0.717, 1.165) is 34.9 Å². The monoisotopic (exact) mass is 216 g/mol. The molecule has 1 aromatic rings. The van der Waals surface area contributed by atoms with Gasteiger partial charge in [0.2, 0.25) is 5.84 Å². The largest absolute Gasteiger partial charge is 0.351 e. The number of hydrogen-bond acceptors (Lipinski definition) is 2. The molecule has 0 unspecified atom stereocenters. The summed E-state index contributed by atoms with van der Waals surface area (Å²) in [6.07, 6.45) is 2.39. The van der Waals surface area contributed by atoms with Crippen molar-refractivity contribution in [1.29, 1.82) is 0 Å². The van der Waals surface area contributed by atoms with Gasteiger partial charge in [-0.1, -0.05) is 24.3 Å². The van der Waals surface area contributed by atoms with Gasteiger partial charge in [0.25, 0.3) is 6.54 Å². The van der Waals surface area contributed by atoms with Crippen molar-refractivity contribution in [2.45, 2.75) is 19.4 Å². The third-order valence-corrected chi connectivity index (χ3v) is 3.18. The predicted molar refractivity (Wildman–Crippen MR) is 61.1 cm³/mol. The summed E-state index contributed by atoms with van der Waals surface area (Å²) >= 11 is 0. The van der Waals surface area contributed by atoms with E-state index in [9.17, 15) is 4.91 Å². The number of nitrogens with zero attached hydrogens (tertiary/aromatic N) is 3. The van der Waals surface area contributed by atoms with Crippen LogP contribution in [0.3, 0.4) is 0 Å². The minimum atomic E-state index is 0.369. The number of nitroso groups, excluding NO2 is 1. The Morgan fingerprint density at radius 3 is 2.75 bits per heavy atom. The molecule has 2 aliphatic rings. The van der Waals surface area contributed by atoms with Gasteiger partial charge in [0.1, 0.15) is 0 Å². The third kappa shape index (κ3) is 1.50. The highest BCUT2D eigenvalue weighted by atomic mass is 16.3. The molecular formula is C12H14N3O+. The molecule has 0 spiro atoms. The second-order valence-corrected chi connectivity index (χ2v) is 4.29. The fourth-order valence-corrected chi connectivity index (χ4v) is 2.38. The highest BCUT2D eigenvalue weighted by Gasteiger charge is 2.29. The Kier molecular flexibility index (Phi) is 2.20. The number of hydrogen-bond donors (Lipinski definition) is 0. The average Bonchev–Trinajstić information content (AvgIpc) is 2.81. The normalized spacial score (nSPS) is 19.6. The summed E-state index contributed by atoms with van der Waals surface area (Å²) < 4.78 is 0. The van der Waals surface area contributed by atoms with Gasteiger partial charge >= 0.3 is 0 Å². The summed E-state index contributed by atoms with van der Waals surface area (Å²) in [6, 6.07) is 8.04. The molecular weight excluding hydrogens is 202 g/mol. The van der Waals surface area contributed by atoms with E-state index in [4.69, 9.17) is 0 Å². The first kappa shape index (κ1) is 9.51. The van der Waals surface area contributed by atoms with Crippen molar-refractivity contribution in [2.75, 3.05) is 13.1 Å². The van der Waals surface area contributed by atoms with Crippen molar-refractivity contribution in [3.8, 4) is 0 Å². The Balaban J connectivity index is 2.05. The van der Waals surface area contributed by atoms with Gasteiger partial charge in [-0.15, -0.1) is 0 Å². The molecule has 0 amide bonds. The second kappa shape index (κ2) is 3.70. The first-order valence-electron chi connectivity index (χ1n) is 5.71. The molecule has 0 bridgehead atoms. The molecule has 1 saturated heterocycles. The van der Waals surface area contributed by atoms with E-state index >= 15 is 0 Å². The lowest BCUT2D eigenvalue weighted by Crippen LogP contribution is -2.33. The molecule has 0 aromatic heterocycles. The molecule has 4 nitrogen and oxygen atoms in total. The van der Waals surface area contributed by atoms with Crippen LogP contribution in [0.4, 0.5) is 0 Å². The molecule has 0 atom stereocenters. The lowest BCUT2D eigenvalue weighted by atomic mass is 10.1. The molecule has 2 heterocycles. The maximum Gasteiger partial charge on any atom is 0.254 e. The van der Waals surface area contributed by atoms with Crippen LogP contribution in [0.25, 0.3) is 0 Å². The quantitative estimate of drug-likeness (QED) is 0.619. The van der Waals surface area contributed by atoms with Gasteiger partial charge in [0, 0.05) is 24.2 Å². The lowest BCUT2D eigenvalue weighted by molar-refractivity contribution is -0.572. The van der Waals surface area contributed by atoms with Crippen molar-refractivity contribution in [3.63, 3.8) is 0 Å². The zero-order valence-electron chi connectivity index (χ0n) is 9.09. The average molecular weight is 216 g/mol. The van der Waals surface area contributed by atoms with Crippen molar-refractivity contribution < 1.29 is 4.87 Å². The predicted octanol–water partition coefficient (Wildman–Crippen LogP) is 1.74. The summed E-state index contributed by atoms with van der Waals surface area (Å²) in [6.45, 7) is 2.40. The number of amidine groups is 1. The van der Waals surface area contributed by atoms with Crippen LogP contribution in [0, 0.1) is 4.91 Å². The summed E-state index contributed by atoms with van der Waals surface area (Å²) in [7, 11) is 0. The molecule has 0 saturated carbocycles. The molecule has 1 aromatic carbocycles. The molecule has 4 heteroatoms. The minimum Gasteiger partial charge on any atom is -0.351 e. The van der Waals surface area contributed by atoms with Gasteiger partial charge in [-0.3, -0.25) is 0 Å². The Labute approximate surface area is 94.1 Å². The first-order chi connectivity index (χ1) is 7.84. The van der Waals surface area contributed by atoms with E-state index < -0.39 is 0 Å². The van der Waals surface area contributed by atoms with Crippen molar-refractivity contribution in [1.82, 2.24) is 4.90 Å². The van der Waals surface area contributed by atoms with Gasteiger partial charge < -0.3 is 4.90 Å². The summed E-state index contributed by atoms with van der Waals surface area (Å²) in [5, 5.41) is 4.13. The molecule has 2 aliphatic heterocycles. The molecule has 16 heavy (non-hydrogen) atoms. The SMILES string of the molecule is O=[N+]1Cc2ccccc2C(N2CCCC2)=N1. The van der Waals surface area contributed by atoms with E-state index in [-0.39, 0.29) is 0 Å². The van der Waals surface area contributed by atoms with Crippen LogP contribution in [0.1, 0.15) is 24.0 Å². The highest BCUT2D eigenvalue weighted by Crippen LogP contribution is 2.21. The van der Waals surface area contributed by atoms with Gasteiger partial charge in [-0.2, -0.15) is 0 Å². The number of rotatable bonds is 0. The Hall–Kier alpha value is -1.71. The Bertz CT molecular complexity index is 461. The molecule has 3 rings (SSSR count). The summed E-state index contributed by atoms with van der Waals surface area (Å²) in [5.74, 6) is 0.856. The summed E-state index contributed by atoms with van der Waals surface area (Å²) in [4.78, 5) is 14.5. The van der Waals surface area contributed by atoms with Crippen molar-refractivity contribution in [2.24, 2.45) is 5.10 Å². The number of hydrazone groups is 1. The maximum atomic E-state index is 11.5. The maximum absolute atomic E-state index is 11.5. The Morgan fingerprint density at radius 2 is 1.94 bits per heavy atom. The molecule has 82 valence electrons. The van der Waals surface area contributed by atoms with Crippen LogP contribution in [0.5, 0.6) is 0 Å². The summed E-state index contributed by atoms with van der Waals surface area (Å²) in [5.41, 5.74) is 2.20. The van der Waals surface area contributed by atoms with Gasteiger partial charge in [-0.25, -0.2) is 0 Å². The van der Waals surface area contributed by atoms with Gasteiger partial charge in [-0.05, 0) is 12.8 Å². The zero-order valence-corrected chi connectivity index (χ0v) is 9.09. The Morgan fingerprint density at radius 1 is 1.19 bits per heavy atom. The van der Waals surface area contributed by atoms with E-state index in [0.29, 0.717) is 6.54 Å².